The summed E-state index contributed by atoms with van der Waals surface area (Å²) >= 11 is 0. The molecule has 0 saturated heterocycles. The molecule has 0 aliphatic rings. The van der Waals surface area contributed by atoms with Gasteiger partial charge in [0, 0.05) is 24.0 Å². The molecule has 0 aliphatic heterocycles. The van der Waals surface area contributed by atoms with Crippen LogP contribution in [-0.4, -0.2) is 46.9 Å². The number of nitrogens with one attached hydrogen (secondary N) is 3. The molecule has 0 fully saturated rings. The lowest BCUT2D eigenvalue weighted by Crippen LogP contribution is -2.15. The van der Waals surface area contributed by atoms with Crippen molar-refractivity contribution in [2.45, 2.75) is 16.7 Å². The van der Waals surface area contributed by atoms with Gasteiger partial charge in [0.05, 0.1) is 20.4 Å². The van der Waals surface area contributed by atoms with Crippen molar-refractivity contribution in [3.05, 3.63) is 64.1 Å². The van der Waals surface area contributed by atoms with Crippen LogP contribution in [-0.2, 0) is 20.1 Å². The summed E-state index contributed by atoms with van der Waals surface area (Å²) in [7, 11) is -9.18. The standard InChI is InChI=1S/C17H14N8O7S2/c1-10-15(19-9-11(8-18)17-20-23-24-21-17)6-14(34(30,31)32)7-16(10)22-33(28,29)13-4-2-3-12(5-13)25(26)27/h2-7,9,19,22H,1H3,(H,30,31,32)(H,20,21,23,24). The molecule has 0 spiro atoms. The zero-order valence-electron chi connectivity index (χ0n) is 17.0. The van der Waals surface area contributed by atoms with E-state index < -0.39 is 40.5 Å². The van der Waals surface area contributed by atoms with E-state index in [1.165, 1.54) is 13.0 Å². The fourth-order valence-corrected chi connectivity index (χ4v) is 4.32. The van der Waals surface area contributed by atoms with Gasteiger partial charge in [0.2, 0.25) is 5.82 Å². The molecule has 17 heteroatoms. The Morgan fingerprint density at radius 2 is 1.91 bits per heavy atom. The van der Waals surface area contributed by atoms with Gasteiger partial charge in [-0.3, -0.25) is 19.4 Å². The van der Waals surface area contributed by atoms with Gasteiger partial charge in [0.15, 0.2) is 0 Å². The van der Waals surface area contributed by atoms with E-state index in [9.17, 15) is 36.8 Å². The van der Waals surface area contributed by atoms with Crippen LogP contribution in [0.1, 0.15) is 11.4 Å². The summed E-state index contributed by atoms with van der Waals surface area (Å²) in [6.45, 7) is 1.43. The second-order valence-electron chi connectivity index (χ2n) is 6.53. The van der Waals surface area contributed by atoms with Gasteiger partial charge >= 0.3 is 0 Å². The molecule has 0 radical (unpaired) electrons. The van der Waals surface area contributed by atoms with Gasteiger partial charge in [0.1, 0.15) is 11.6 Å². The number of non-ortho nitro benzene ring substituents is 1. The number of benzene rings is 2. The molecule has 1 aromatic heterocycles. The summed E-state index contributed by atoms with van der Waals surface area (Å²) in [5, 5.41) is 35.7. The molecule has 34 heavy (non-hydrogen) atoms. The van der Waals surface area contributed by atoms with Crippen LogP contribution in [0.25, 0.3) is 5.57 Å². The fraction of sp³-hybridized carbons (Fsp3) is 0.0588. The molecule has 0 atom stereocenters. The first-order valence-electron chi connectivity index (χ1n) is 8.92. The molecule has 0 aliphatic carbocycles. The summed E-state index contributed by atoms with van der Waals surface area (Å²) in [6, 6.07) is 7.92. The van der Waals surface area contributed by atoms with Gasteiger partial charge in [-0.05, 0) is 35.9 Å². The molecule has 0 bridgehead atoms. The summed E-state index contributed by atoms with van der Waals surface area (Å²) in [5.74, 6) is -0.0646. The van der Waals surface area contributed by atoms with E-state index in [1.807, 2.05) is 6.07 Å². The third kappa shape index (κ3) is 5.32. The normalized spacial score (nSPS) is 12.1. The largest absolute Gasteiger partial charge is 0.360 e. The molecule has 0 amide bonds. The molecule has 4 N–H and O–H groups in total. The van der Waals surface area contributed by atoms with Crippen molar-refractivity contribution in [3.63, 3.8) is 0 Å². The Hall–Kier alpha value is -4.40. The van der Waals surface area contributed by atoms with Crippen molar-refractivity contribution in [3.8, 4) is 6.07 Å². The Kier molecular flexibility index (Phi) is 6.58. The van der Waals surface area contributed by atoms with Crippen LogP contribution >= 0.6 is 0 Å². The van der Waals surface area contributed by atoms with Crippen molar-refractivity contribution in [2.75, 3.05) is 10.0 Å². The van der Waals surface area contributed by atoms with E-state index in [-0.39, 0.29) is 28.3 Å². The zero-order chi connectivity index (χ0) is 25.1. The molecule has 3 rings (SSSR count). The Balaban J connectivity index is 2.06. The number of anilines is 2. The third-order valence-corrected chi connectivity index (χ3v) is 6.54. The highest BCUT2D eigenvalue weighted by molar-refractivity contribution is 7.92. The van der Waals surface area contributed by atoms with Crippen LogP contribution in [0.2, 0.25) is 0 Å². The smallest absolute Gasteiger partial charge is 0.294 e. The minimum Gasteiger partial charge on any atom is -0.360 e. The van der Waals surface area contributed by atoms with Gasteiger partial charge in [-0.2, -0.15) is 18.9 Å². The lowest BCUT2D eigenvalue weighted by Gasteiger charge is -2.15. The van der Waals surface area contributed by atoms with E-state index >= 15 is 0 Å². The molecule has 2 aromatic carbocycles. The van der Waals surface area contributed by atoms with Gasteiger partial charge in [-0.25, -0.2) is 8.42 Å². The summed E-state index contributed by atoms with van der Waals surface area (Å²) in [5.41, 5.74) is -0.643. The number of tetrazole rings is 1. The average Bonchev–Trinajstić information content (AvgIpc) is 3.30. The maximum Gasteiger partial charge on any atom is 0.294 e. The first-order valence-corrected chi connectivity index (χ1v) is 11.8. The van der Waals surface area contributed by atoms with Crippen molar-refractivity contribution in [1.29, 1.82) is 5.26 Å². The predicted molar refractivity (Wildman–Crippen MR) is 116 cm³/mol. The quantitative estimate of drug-likeness (QED) is 0.147. The molecule has 3 aromatic rings. The van der Waals surface area contributed by atoms with Gasteiger partial charge in [0.25, 0.3) is 25.8 Å². The Morgan fingerprint density at radius 3 is 2.50 bits per heavy atom. The number of aromatic nitrogens is 4. The molecule has 0 unspecified atom stereocenters. The number of rotatable bonds is 8. The maximum atomic E-state index is 12.8. The van der Waals surface area contributed by atoms with Crippen LogP contribution in [0.4, 0.5) is 17.1 Å². The topological polar surface area (TPSA) is 234 Å². The molecular formula is C17H14N8O7S2. The first-order chi connectivity index (χ1) is 15.9. The number of allylic oxidation sites excluding steroid dienone is 1. The number of sulfonamides is 1. The number of hydrogen-bond donors (Lipinski definition) is 4. The zero-order valence-corrected chi connectivity index (χ0v) is 18.6. The first kappa shape index (κ1) is 24.2. The predicted octanol–water partition coefficient (Wildman–Crippen LogP) is 1.44. The van der Waals surface area contributed by atoms with Crippen LogP contribution < -0.4 is 10.0 Å². The highest BCUT2D eigenvalue weighted by Crippen LogP contribution is 2.31. The highest BCUT2D eigenvalue weighted by atomic mass is 32.2. The van der Waals surface area contributed by atoms with Crippen LogP contribution in [0.15, 0.2) is 52.4 Å². The van der Waals surface area contributed by atoms with Gasteiger partial charge < -0.3 is 5.32 Å². The number of nitro groups is 1. The monoisotopic (exact) mass is 506 g/mol. The van der Waals surface area contributed by atoms with E-state index in [4.69, 9.17) is 0 Å². The number of hydrogen-bond acceptors (Lipinski definition) is 11. The van der Waals surface area contributed by atoms with E-state index in [0.29, 0.717) is 0 Å². The lowest BCUT2D eigenvalue weighted by molar-refractivity contribution is -0.385. The fourth-order valence-electron chi connectivity index (χ4n) is 2.63. The number of nitriles is 1. The van der Waals surface area contributed by atoms with Gasteiger partial charge in [-0.15, -0.1) is 10.2 Å². The molecule has 0 saturated carbocycles. The molecule has 176 valence electrons. The molecule has 1 heterocycles. The minimum atomic E-state index is -4.78. The van der Waals surface area contributed by atoms with Crippen LogP contribution in [0.5, 0.6) is 0 Å². The lowest BCUT2D eigenvalue weighted by atomic mass is 10.1. The van der Waals surface area contributed by atoms with Crippen LogP contribution in [0, 0.1) is 28.4 Å². The number of H-pyrrole nitrogens is 1. The van der Waals surface area contributed by atoms with Gasteiger partial charge in [-0.1, -0.05) is 6.07 Å². The number of aromatic amines is 1. The van der Waals surface area contributed by atoms with Crippen LogP contribution in [0.3, 0.4) is 0 Å². The van der Waals surface area contributed by atoms with E-state index in [0.717, 1.165) is 36.5 Å². The molecule has 15 nitrogen and oxygen atoms in total. The van der Waals surface area contributed by atoms with Crippen molar-refractivity contribution < 1.29 is 26.3 Å². The van der Waals surface area contributed by atoms with Crippen molar-refractivity contribution in [2.24, 2.45) is 0 Å². The van der Waals surface area contributed by atoms with E-state index in [2.05, 4.69) is 30.7 Å². The number of nitro benzene ring substituents is 1. The third-order valence-electron chi connectivity index (χ3n) is 4.34. The highest BCUT2D eigenvalue weighted by Gasteiger charge is 2.22. The average molecular weight is 506 g/mol. The Labute approximate surface area is 192 Å². The minimum absolute atomic E-state index is 0.00288. The van der Waals surface area contributed by atoms with Crippen molar-refractivity contribution >= 4 is 42.8 Å². The summed E-state index contributed by atoms with van der Waals surface area (Å²) in [4.78, 5) is 9.09. The Morgan fingerprint density at radius 1 is 1.21 bits per heavy atom. The summed E-state index contributed by atoms with van der Waals surface area (Å²) < 4.78 is 60.8. The van der Waals surface area contributed by atoms with Crippen molar-refractivity contribution in [1.82, 2.24) is 20.6 Å². The second-order valence-corrected chi connectivity index (χ2v) is 9.63. The SMILES string of the molecule is Cc1c(NC=C(C#N)c2nn[nH]n2)cc(S(=O)(=O)O)cc1NS(=O)(=O)c1cccc([N+](=O)[O-])c1. The maximum absolute atomic E-state index is 12.8. The number of nitrogens with zero attached hydrogens (tertiary/aromatic N) is 5. The van der Waals surface area contributed by atoms with E-state index in [1.54, 1.807) is 0 Å². The Bertz CT molecular complexity index is 1540. The molecular weight excluding hydrogens is 492 g/mol. The second kappa shape index (κ2) is 9.22. The summed E-state index contributed by atoms with van der Waals surface area (Å²) in [6.07, 6.45) is 1.12.